The van der Waals surface area contributed by atoms with Gasteiger partial charge < -0.3 is 15.7 Å². The van der Waals surface area contributed by atoms with Crippen molar-refractivity contribution in [1.29, 1.82) is 0 Å². The maximum atomic E-state index is 12.5. The number of benzene rings is 2. The van der Waals surface area contributed by atoms with Crippen molar-refractivity contribution in [3.05, 3.63) is 48.0 Å². The van der Waals surface area contributed by atoms with Crippen LogP contribution >= 0.6 is 0 Å². The number of sulfonamides is 1. The summed E-state index contributed by atoms with van der Waals surface area (Å²) in [6, 6.07) is 14.2. The number of likely N-dealkylation sites (tertiary alicyclic amines) is 1. The monoisotopic (exact) mass is 486 g/mol. The van der Waals surface area contributed by atoms with Gasteiger partial charge in [-0.1, -0.05) is 48.4 Å². The third-order valence-corrected chi connectivity index (χ3v) is 7.69. The van der Waals surface area contributed by atoms with E-state index in [0.717, 1.165) is 19.3 Å². The fourth-order valence-electron chi connectivity index (χ4n) is 4.60. The summed E-state index contributed by atoms with van der Waals surface area (Å²) < 4.78 is 26.4. The Hall–Kier alpha value is -2.64. The van der Waals surface area contributed by atoms with Crippen molar-refractivity contribution in [1.82, 2.24) is 19.8 Å². The molecule has 0 saturated carbocycles. The molecule has 1 heterocycles. The van der Waals surface area contributed by atoms with Crippen molar-refractivity contribution >= 4 is 26.8 Å². The number of urea groups is 1. The van der Waals surface area contributed by atoms with E-state index in [1.807, 2.05) is 12.1 Å². The Morgan fingerprint density at radius 1 is 1.21 bits per heavy atom. The van der Waals surface area contributed by atoms with Gasteiger partial charge in [0.25, 0.3) is 0 Å². The summed E-state index contributed by atoms with van der Waals surface area (Å²) in [6.07, 6.45) is 6.58. The van der Waals surface area contributed by atoms with Gasteiger partial charge in [0.15, 0.2) is 0 Å². The van der Waals surface area contributed by atoms with Crippen molar-refractivity contribution in [3.8, 4) is 12.3 Å². The number of hydrogen-bond acceptors (Lipinski definition) is 5. The molecule has 0 aromatic heterocycles. The third kappa shape index (κ3) is 6.70. The van der Waals surface area contributed by atoms with Crippen LogP contribution in [0.4, 0.5) is 4.79 Å². The van der Waals surface area contributed by atoms with Gasteiger partial charge in [0.1, 0.15) is 0 Å². The van der Waals surface area contributed by atoms with E-state index < -0.39 is 22.2 Å². The zero-order valence-electron chi connectivity index (χ0n) is 19.8. The first-order valence-corrected chi connectivity index (χ1v) is 13.4. The minimum Gasteiger partial charge on any atom is -0.390 e. The second-order valence-electron chi connectivity index (χ2n) is 8.77. The van der Waals surface area contributed by atoms with Gasteiger partial charge in [0.2, 0.25) is 10.0 Å². The molecule has 2 aromatic carbocycles. The first-order chi connectivity index (χ1) is 16.2. The van der Waals surface area contributed by atoms with Crippen LogP contribution < -0.4 is 10.6 Å². The predicted octanol–water partition coefficient (Wildman–Crippen LogP) is 1.92. The summed E-state index contributed by atoms with van der Waals surface area (Å²) in [6.45, 7) is 3.63. The Kier molecular flexibility index (Phi) is 8.91. The lowest BCUT2D eigenvalue weighted by molar-refractivity contribution is 0.0925. The van der Waals surface area contributed by atoms with E-state index in [1.165, 1.54) is 20.6 Å². The second kappa shape index (κ2) is 11.7. The molecule has 1 aliphatic rings. The van der Waals surface area contributed by atoms with Gasteiger partial charge in [0.05, 0.1) is 18.9 Å². The lowest BCUT2D eigenvalue weighted by atomic mass is 9.96. The summed E-state index contributed by atoms with van der Waals surface area (Å²) in [7, 11) is -3.53. The number of fused-ring (bicyclic) bond motifs is 1. The zero-order chi connectivity index (χ0) is 24.7. The molecule has 8 nitrogen and oxygen atoms in total. The molecule has 0 spiro atoms. The number of hydrogen-bond donors (Lipinski definition) is 3. The highest BCUT2D eigenvalue weighted by Gasteiger charge is 2.33. The van der Waals surface area contributed by atoms with Crippen LogP contribution in [0.15, 0.2) is 42.5 Å². The summed E-state index contributed by atoms with van der Waals surface area (Å²) in [4.78, 5) is 14.0. The van der Waals surface area contributed by atoms with Gasteiger partial charge in [0, 0.05) is 38.3 Å². The van der Waals surface area contributed by atoms with Gasteiger partial charge in [-0.15, -0.1) is 6.42 Å². The molecule has 1 unspecified atom stereocenters. The molecule has 3 rings (SSSR count). The Bertz CT molecular complexity index is 1120. The van der Waals surface area contributed by atoms with Crippen molar-refractivity contribution in [2.75, 3.05) is 39.0 Å². The minimum absolute atomic E-state index is 0.0701. The lowest BCUT2D eigenvalue weighted by Gasteiger charge is -2.40. The van der Waals surface area contributed by atoms with Gasteiger partial charge in [-0.3, -0.25) is 4.90 Å². The smallest absolute Gasteiger partial charge is 0.315 e. The molecular formula is C25H34N4O4S. The lowest BCUT2D eigenvalue weighted by Crippen LogP contribution is -2.51. The average molecular weight is 487 g/mol. The highest BCUT2D eigenvalue weighted by Crippen LogP contribution is 2.31. The Morgan fingerprint density at radius 2 is 1.88 bits per heavy atom. The van der Waals surface area contributed by atoms with Gasteiger partial charge in [-0.2, -0.15) is 4.31 Å². The molecule has 2 atom stereocenters. The molecule has 0 radical (unpaired) electrons. The van der Waals surface area contributed by atoms with Gasteiger partial charge >= 0.3 is 6.03 Å². The van der Waals surface area contributed by atoms with Crippen LogP contribution in [0, 0.1) is 12.3 Å². The number of amides is 2. The molecular weight excluding hydrogens is 452 g/mol. The van der Waals surface area contributed by atoms with Crippen molar-refractivity contribution in [2.24, 2.45) is 0 Å². The highest BCUT2D eigenvalue weighted by atomic mass is 32.2. The number of carbonyl (C=O) groups excluding carboxylic acids is 1. The fourth-order valence-corrected chi connectivity index (χ4v) is 5.80. The maximum absolute atomic E-state index is 12.5. The van der Waals surface area contributed by atoms with Crippen molar-refractivity contribution in [3.63, 3.8) is 0 Å². The number of aliphatic hydroxyl groups excluding tert-OH is 1. The minimum atomic E-state index is -3.53. The van der Waals surface area contributed by atoms with E-state index in [2.05, 4.69) is 58.7 Å². The molecule has 1 aliphatic heterocycles. The van der Waals surface area contributed by atoms with E-state index in [0.29, 0.717) is 12.8 Å². The Labute approximate surface area is 202 Å². The predicted molar refractivity (Wildman–Crippen MR) is 135 cm³/mol. The van der Waals surface area contributed by atoms with Crippen LogP contribution in [0.25, 0.3) is 10.8 Å². The molecule has 3 N–H and O–H groups in total. The van der Waals surface area contributed by atoms with Crippen molar-refractivity contribution in [2.45, 2.75) is 38.0 Å². The van der Waals surface area contributed by atoms with Gasteiger partial charge in [-0.05, 0) is 36.1 Å². The number of rotatable bonds is 9. The van der Waals surface area contributed by atoms with Crippen molar-refractivity contribution < 1.29 is 18.3 Å². The van der Waals surface area contributed by atoms with Crippen LogP contribution in [0.2, 0.25) is 0 Å². The fraction of sp³-hybridized carbons (Fsp3) is 0.480. The SMILES string of the molecule is C#CCNC(=O)NCC(O)CN(C1CCN([C@H](C)c2cccc3ccccc23)CC1)S(C)(=O)=O. The van der Waals surface area contributed by atoms with Crippen LogP contribution in [0.3, 0.4) is 0 Å². The van der Waals surface area contributed by atoms with E-state index >= 15 is 0 Å². The number of nitrogens with zero attached hydrogens (tertiary/aromatic N) is 2. The zero-order valence-corrected chi connectivity index (χ0v) is 20.6. The normalized spacial score (nSPS) is 17.3. The van der Waals surface area contributed by atoms with Crippen LogP contribution in [-0.4, -0.2) is 79.9 Å². The molecule has 184 valence electrons. The van der Waals surface area contributed by atoms with Crippen LogP contribution in [-0.2, 0) is 10.0 Å². The van der Waals surface area contributed by atoms with Crippen LogP contribution in [0.1, 0.15) is 31.4 Å². The molecule has 0 bridgehead atoms. The number of aliphatic hydroxyl groups is 1. The molecule has 34 heavy (non-hydrogen) atoms. The van der Waals surface area contributed by atoms with Crippen LogP contribution in [0.5, 0.6) is 0 Å². The number of nitrogens with one attached hydrogen (secondary N) is 2. The molecule has 0 aliphatic carbocycles. The van der Waals surface area contributed by atoms with E-state index in [1.54, 1.807) is 0 Å². The summed E-state index contributed by atoms with van der Waals surface area (Å²) in [5.41, 5.74) is 1.26. The molecule has 9 heteroatoms. The second-order valence-corrected chi connectivity index (χ2v) is 10.7. The summed E-state index contributed by atoms with van der Waals surface area (Å²) >= 11 is 0. The summed E-state index contributed by atoms with van der Waals surface area (Å²) in [5.74, 6) is 2.29. The average Bonchev–Trinajstić information content (AvgIpc) is 2.83. The molecule has 2 aromatic rings. The number of terminal acetylenes is 1. The Balaban J connectivity index is 1.60. The van der Waals surface area contributed by atoms with E-state index in [9.17, 15) is 18.3 Å². The topological polar surface area (TPSA) is 102 Å². The number of piperidine rings is 1. The maximum Gasteiger partial charge on any atom is 0.315 e. The Morgan fingerprint density at radius 3 is 2.56 bits per heavy atom. The van der Waals surface area contributed by atoms with E-state index in [4.69, 9.17) is 6.42 Å². The van der Waals surface area contributed by atoms with Gasteiger partial charge in [-0.25, -0.2) is 13.2 Å². The quantitative estimate of drug-likeness (QED) is 0.470. The van der Waals surface area contributed by atoms with E-state index in [-0.39, 0.29) is 31.7 Å². The first-order valence-electron chi connectivity index (χ1n) is 11.5. The molecule has 1 fully saturated rings. The molecule has 1 saturated heterocycles. The standard InChI is InChI=1S/C25H34N4O4S/c1-4-14-26-25(31)27-17-22(30)18-29(34(3,32)33)21-12-15-28(16-13-21)19(2)23-11-7-9-20-8-5-6-10-24(20)23/h1,5-11,19,21-22,30H,12-18H2,2-3H3,(H2,26,27,31)/t19-,22?/m1/s1. The highest BCUT2D eigenvalue weighted by molar-refractivity contribution is 7.88. The summed E-state index contributed by atoms with van der Waals surface area (Å²) in [5, 5.41) is 17.8. The largest absolute Gasteiger partial charge is 0.390 e. The number of carbonyl (C=O) groups is 1. The first kappa shape index (κ1) is 26.0. The third-order valence-electron chi connectivity index (χ3n) is 6.39. The molecule has 2 amide bonds.